The van der Waals surface area contributed by atoms with E-state index in [9.17, 15) is 13.2 Å². The van der Waals surface area contributed by atoms with Gasteiger partial charge in [0.2, 0.25) is 10.0 Å². The van der Waals surface area contributed by atoms with E-state index in [0.29, 0.717) is 35.4 Å². The first-order chi connectivity index (χ1) is 20.7. The molecule has 1 aromatic carbocycles. The fraction of sp³-hybridized carbons (Fsp3) is 0.667. The number of nitrogens with zero attached hydrogens (tertiary/aromatic N) is 5. The second-order valence-electron chi connectivity index (χ2n) is 13.6. The zero-order chi connectivity index (χ0) is 30.1. The third kappa shape index (κ3) is 6.76. The fourth-order valence-electron chi connectivity index (χ4n) is 8.34. The number of fused-ring (bicyclic) bond motifs is 1. The molecule has 1 N–H and O–H groups in total. The number of sulfonamides is 1. The average molecular weight is 609 g/mol. The molecule has 2 saturated heterocycles. The Morgan fingerprint density at radius 3 is 2.37 bits per heavy atom. The first-order valence-electron chi connectivity index (χ1n) is 16.2. The van der Waals surface area contributed by atoms with Gasteiger partial charge < -0.3 is 10.2 Å². The normalized spacial score (nSPS) is 28.7. The van der Waals surface area contributed by atoms with Crippen LogP contribution in [-0.2, 0) is 10.0 Å². The molecule has 6 rings (SSSR count). The van der Waals surface area contributed by atoms with E-state index < -0.39 is 10.0 Å². The summed E-state index contributed by atoms with van der Waals surface area (Å²) in [5, 5.41) is 3.57. The Kier molecular flexibility index (Phi) is 9.08. The monoisotopic (exact) mass is 608 g/mol. The predicted octanol–water partition coefficient (Wildman–Crippen LogP) is 4.38. The molecule has 3 heterocycles. The molecule has 1 aromatic heterocycles. The lowest BCUT2D eigenvalue weighted by atomic mass is 9.78. The van der Waals surface area contributed by atoms with Crippen LogP contribution >= 0.6 is 0 Å². The molecule has 43 heavy (non-hydrogen) atoms. The third-order valence-electron chi connectivity index (χ3n) is 11.0. The predicted molar refractivity (Wildman–Crippen MR) is 170 cm³/mol. The summed E-state index contributed by atoms with van der Waals surface area (Å²) >= 11 is 0. The Morgan fingerprint density at radius 1 is 1.00 bits per heavy atom. The number of carbonyl (C=O) groups excluding carboxylic acids is 1. The highest BCUT2D eigenvalue weighted by Crippen LogP contribution is 2.42. The van der Waals surface area contributed by atoms with Gasteiger partial charge in [-0.15, -0.1) is 0 Å². The van der Waals surface area contributed by atoms with Crippen LogP contribution in [0.15, 0.2) is 36.7 Å². The van der Waals surface area contributed by atoms with Gasteiger partial charge in [-0.05, 0) is 81.1 Å². The number of benzene rings is 1. The first kappa shape index (κ1) is 30.5. The maximum absolute atomic E-state index is 13.6. The molecule has 0 spiro atoms. The van der Waals surface area contributed by atoms with Gasteiger partial charge >= 0.3 is 0 Å². The second kappa shape index (κ2) is 12.8. The highest BCUT2D eigenvalue weighted by atomic mass is 32.2. The van der Waals surface area contributed by atoms with Crippen molar-refractivity contribution in [2.24, 2.45) is 17.8 Å². The zero-order valence-electron chi connectivity index (χ0n) is 26.0. The summed E-state index contributed by atoms with van der Waals surface area (Å²) in [4.78, 5) is 27.1. The summed E-state index contributed by atoms with van der Waals surface area (Å²) in [6.45, 7) is 6.40. The molecule has 234 valence electrons. The van der Waals surface area contributed by atoms with Crippen LogP contribution in [0.4, 0.5) is 5.82 Å². The first-order valence-corrected chi connectivity index (χ1v) is 18.1. The lowest BCUT2D eigenvalue weighted by molar-refractivity contribution is 0.0628. The lowest BCUT2D eigenvalue weighted by Crippen LogP contribution is -2.47. The van der Waals surface area contributed by atoms with E-state index in [1.165, 1.54) is 43.8 Å². The Labute approximate surface area is 257 Å². The van der Waals surface area contributed by atoms with Crippen LogP contribution < -0.4 is 5.32 Å². The van der Waals surface area contributed by atoms with Crippen molar-refractivity contribution in [2.75, 3.05) is 51.3 Å². The van der Waals surface area contributed by atoms with Crippen molar-refractivity contribution < 1.29 is 13.2 Å². The maximum Gasteiger partial charge on any atom is 0.272 e. The standard InChI is InChI=1S/C33H48N6O3S/c1-23-31(35-22-36-32(23)34-19-24-8-7-11-26(16-24)25-9-5-4-6-10-25)33(40)38-14-12-29(13-15-38)39-20-27-17-30(18-28(27)21-39)37(2)43(3,41)42/h4-6,9-10,22,24,26-30H,7-8,11-21H2,1-3H3,(H,34,35,36). The summed E-state index contributed by atoms with van der Waals surface area (Å²) in [7, 11) is -1.42. The van der Waals surface area contributed by atoms with Crippen LogP contribution in [0.3, 0.4) is 0 Å². The van der Waals surface area contributed by atoms with Gasteiger partial charge in [0.25, 0.3) is 5.91 Å². The van der Waals surface area contributed by atoms with Crippen molar-refractivity contribution in [3.8, 4) is 0 Å². The van der Waals surface area contributed by atoms with Gasteiger partial charge in [-0.1, -0.05) is 36.8 Å². The van der Waals surface area contributed by atoms with Crippen LogP contribution in [-0.4, -0.2) is 96.5 Å². The van der Waals surface area contributed by atoms with Gasteiger partial charge in [-0.3, -0.25) is 9.69 Å². The molecule has 4 unspecified atom stereocenters. The number of piperidine rings is 1. The summed E-state index contributed by atoms with van der Waals surface area (Å²) in [5.41, 5.74) is 2.80. The summed E-state index contributed by atoms with van der Waals surface area (Å²) in [6.07, 6.45) is 11.6. The zero-order valence-corrected chi connectivity index (χ0v) is 26.8. The van der Waals surface area contributed by atoms with Crippen molar-refractivity contribution in [3.05, 3.63) is 53.5 Å². The van der Waals surface area contributed by atoms with Crippen LogP contribution in [0.25, 0.3) is 0 Å². The molecule has 1 amide bonds. The van der Waals surface area contributed by atoms with Gasteiger partial charge in [-0.25, -0.2) is 22.7 Å². The molecule has 10 heteroatoms. The summed E-state index contributed by atoms with van der Waals surface area (Å²) in [6, 6.07) is 11.5. The Balaban J connectivity index is 0.991. The lowest BCUT2D eigenvalue weighted by Gasteiger charge is -2.37. The van der Waals surface area contributed by atoms with Crippen molar-refractivity contribution in [2.45, 2.75) is 76.3 Å². The molecule has 2 saturated carbocycles. The molecule has 9 nitrogen and oxygen atoms in total. The van der Waals surface area contributed by atoms with Gasteiger partial charge in [0.05, 0.1) is 6.26 Å². The number of carbonyl (C=O) groups is 1. The smallest absolute Gasteiger partial charge is 0.272 e. The van der Waals surface area contributed by atoms with E-state index in [1.807, 2.05) is 11.8 Å². The van der Waals surface area contributed by atoms with E-state index in [1.54, 1.807) is 11.4 Å². The molecular weight excluding hydrogens is 560 g/mol. The van der Waals surface area contributed by atoms with E-state index in [4.69, 9.17) is 0 Å². The summed E-state index contributed by atoms with van der Waals surface area (Å²) in [5.74, 6) is 3.13. The topological polar surface area (TPSA) is 98.7 Å². The summed E-state index contributed by atoms with van der Waals surface area (Å²) < 4.78 is 25.6. The fourth-order valence-corrected chi connectivity index (χ4v) is 9.06. The van der Waals surface area contributed by atoms with Crippen LogP contribution in [0.2, 0.25) is 0 Å². The number of amides is 1. The molecule has 4 atom stereocenters. The number of hydrogen-bond acceptors (Lipinski definition) is 7. The SMILES string of the molecule is Cc1c(NCC2CCCC(c3ccccc3)C2)ncnc1C(=O)N1CCC(N2CC3CC(N(C)S(C)(=O)=O)CC3C2)CC1. The minimum Gasteiger partial charge on any atom is -0.369 e. The molecule has 0 bridgehead atoms. The van der Waals surface area contributed by atoms with E-state index in [-0.39, 0.29) is 11.9 Å². The van der Waals surface area contributed by atoms with Gasteiger partial charge in [0, 0.05) is 57.4 Å². The number of anilines is 1. The number of rotatable bonds is 8. The van der Waals surface area contributed by atoms with Gasteiger partial charge in [0.1, 0.15) is 17.8 Å². The Hall–Kier alpha value is -2.56. The Morgan fingerprint density at radius 2 is 1.70 bits per heavy atom. The van der Waals surface area contributed by atoms with Crippen LogP contribution in [0.5, 0.6) is 0 Å². The molecule has 2 aliphatic heterocycles. The number of nitrogens with one attached hydrogen (secondary N) is 1. The quantitative estimate of drug-likeness (QED) is 0.475. The van der Waals surface area contributed by atoms with E-state index in [0.717, 1.165) is 69.8 Å². The molecule has 4 aliphatic rings. The van der Waals surface area contributed by atoms with Crippen LogP contribution in [0.1, 0.15) is 78.9 Å². The van der Waals surface area contributed by atoms with Crippen molar-refractivity contribution in [1.82, 2.24) is 24.1 Å². The average Bonchev–Trinajstić information content (AvgIpc) is 3.60. The van der Waals surface area contributed by atoms with Crippen molar-refractivity contribution in [3.63, 3.8) is 0 Å². The van der Waals surface area contributed by atoms with Gasteiger partial charge in [0.15, 0.2) is 0 Å². The number of aromatic nitrogens is 2. The largest absolute Gasteiger partial charge is 0.369 e. The van der Waals surface area contributed by atoms with E-state index in [2.05, 4.69) is 50.5 Å². The van der Waals surface area contributed by atoms with Crippen LogP contribution in [0, 0.1) is 24.7 Å². The molecule has 2 aliphatic carbocycles. The third-order valence-corrected chi connectivity index (χ3v) is 12.3. The molecule has 2 aromatic rings. The second-order valence-corrected chi connectivity index (χ2v) is 15.7. The highest BCUT2D eigenvalue weighted by Gasteiger charge is 2.45. The highest BCUT2D eigenvalue weighted by molar-refractivity contribution is 7.88. The minimum atomic E-state index is -3.15. The minimum absolute atomic E-state index is 0.00755. The van der Waals surface area contributed by atoms with Crippen molar-refractivity contribution in [1.29, 1.82) is 0 Å². The number of hydrogen-bond donors (Lipinski definition) is 1. The Bertz CT molecular complexity index is 1370. The molecule has 0 radical (unpaired) electrons. The molecule has 4 fully saturated rings. The van der Waals surface area contributed by atoms with E-state index >= 15 is 0 Å². The van der Waals surface area contributed by atoms with Crippen molar-refractivity contribution >= 4 is 21.7 Å². The van der Waals surface area contributed by atoms with Gasteiger partial charge in [-0.2, -0.15) is 0 Å². The maximum atomic E-state index is 13.6. The molecular formula is C33H48N6O3S. The number of likely N-dealkylation sites (tertiary alicyclic amines) is 2.